The lowest BCUT2D eigenvalue weighted by molar-refractivity contribution is -0.161. The van der Waals surface area contributed by atoms with Gasteiger partial charge < -0.3 is 33.8 Å². The van der Waals surface area contributed by atoms with Crippen LogP contribution in [-0.4, -0.2) is 96.7 Å². The summed E-state index contributed by atoms with van der Waals surface area (Å²) < 4.78 is 68.7. The lowest BCUT2D eigenvalue weighted by Gasteiger charge is -2.21. The second-order valence-electron chi connectivity index (χ2n) is 30.2. The monoisotopic (exact) mass is 1450 g/mol. The molecule has 0 aliphatic heterocycles. The van der Waals surface area contributed by atoms with Crippen molar-refractivity contribution in [3.8, 4) is 0 Å². The molecule has 0 rings (SSSR count). The third-order valence-corrected chi connectivity index (χ3v) is 20.5. The fraction of sp³-hybridized carbons (Fsp3) is 0.950. The number of ether oxygens (including phenoxy) is 4. The average molecular weight is 1450 g/mol. The van der Waals surface area contributed by atoms with Crippen LogP contribution >= 0.6 is 15.6 Å². The Labute approximate surface area is 607 Å². The maximum Gasteiger partial charge on any atom is 0.472 e. The van der Waals surface area contributed by atoms with Crippen molar-refractivity contribution in [2.24, 2.45) is 17.8 Å². The smallest absolute Gasteiger partial charge is 0.462 e. The molecule has 0 radical (unpaired) electrons. The molecule has 3 N–H and O–H groups in total. The van der Waals surface area contributed by atoms with E-state index in [2.05, 4.69) is 48.5 Å². The van der Waals surface area contributed by atoms with Crippen LogP contribution in [0.15, 0.2) is 0 Å². The molecule has 0 aromatic carbocycles. The average Bonchev–Trinajstić information content (AvgIpc) is 0.953. The van der Waals surface area contributed by atoms with Gasteiger partial charge in [0.1, 0.15) is 19.3 Å². The molecular formula is C80H156O17P2. The van der Waals surface area contributed by atoms with Crippen molar-refractivity contribution in [1.82, 2.24) is 0 Å². The molecular weight excluding hydrogens is 1290 g/mol. The first-order valence-corrected chi connectivity index (χ1v) is 44.3. The Morgan fingerprint density at radius 3 is 0.687 bits per heavy atom. The van der Waals surface area contributed by atoms with Gasteiger partial charge in [0.15, 0.2) is 12.2 Å². The number of rotatable bonds is 78. The standard InChI is InChI=1S/C80H156O17P2/c1-8-9-10-11-12-13-14-15-16-19-24-30-35-40-49-56-64-80(85)97-76(68-91-78(83)62-55-48-43-42-46-53-60-73(6)7)70-95-99(88,89)93-66-74(81)65-92-98(86,87)94-69-75(67-90-77(82)61-54-47-39-34-29-26-21-23-28-33-38-45-52-59-72(4)5)96-79(84)63-57-50-41-36-31-25-20-17-18-22-27-32-37-44-51-58-71(2)3/h71-76,81H,8-70H2,1-7H3,(H,86,87)(H,88,89)/t74-,75-,76-/m1/s1. The number of hydrogen-bond donors (Lipinski definition) is 3. The molecule has 0 heterocycles. The van der Waals surface area contributed by atoms with E-state index in [-0.39, 0.29) is 25.7 Å². The van der Waals surface area contributed by atoms with Crippen LogP contribution in [0.25, 0.3) is 0 Å². The normalized spacial score (nSPS) is 14.0. The van der Waals surface area contributed by atoms with E-state index < -0.39 is 97.5 Å². The predicted octanol–water partition coefficient (Wildman–Crippen LogP) is 23.7. The van der Waals surface area contributed by atoms with Crippen LogP contribution in [0.3, 0.4) is 0 Å². The Kier molecular flexibility index (Phi) is 69.0. The molecule has 0 amide bonds. The summed E-state index contributed by atoms with van der Waals surface area (Å²) in [5.74, 6) is 0.160. The van der Waals surface area contributed by atoms with Gasteiger partial charge in [-0.2, -0.15) is 0 Å². The van der Waals surface area contributed by atoms with E-state index in [1.807, 2.05) is 0 Å². The molecule has 5 atom stereocenters. The topological polar surface area (TPSA) is 237 Å². The SMILES string of the molecule is CCCCCCCCCCCCCCCCCCC(=O)O[C@H](COC(=O)CCCCCCCCC(C)C)COP(=O)(O)OC[C@H](O)COP(=O)(O)OC[C@@H](COC(=O)CCCCCCCCCCCCCCCC(C)C)OC(=O)CCCCCCCCCCCCCCCCCC(C)C. The van der Waals surface area contributed by atoms with Gasteiger partial charge in [0.2, 0.25) is 0 Å². The van der Waals surface area contributed by atoms with E-state index in [0.29, 0.717) is 31.6 Å². The van der Waals surface area contributed by atoms with E-state index in [1.54, 1.807) is 0 Å². The van der Waals surface area contributed by atoms with Crippen LogP contribution in [-0.2, 0) is 65.4 Å². The molecule has 0 aromatic heterocycles. The molecule has 0 bridgehead atoms. The number of carbonyl (C=O) groups is 4. The molecule has 0 saturated carbocycles. The Hall–Kier alpha value is -1.94. The summed E-state index contributed by atoms with van der Waals surface area (Å²) in [5.41, 5.74) is 0. The van der Waals surface area contributed by atoms with Gasteiger partial charge >= 0.3 is 39.5 Å². The third-order valence-electron chi connectivity index (χ3n) is 18.6. The van der Waals surface area contributed by atoms with Gasteiger partial charge in [-0.05, 0) is 43.4 Å². The number of aliphatic hydroxyl groups is 1. The Morgan fingerprint density at radius 2 is 0.465 bits per heavy atom. The van der Waals surface area contributed by atoms with Crippen LogP contribution in [0.5, 0.6) is 0 Å². The molecule has 17 nitrogen and oxygen atoms in total. The summed E-state index contributed by atoms with van der Waals surface area (Å²) in [6.45, 7) is 11.9. The van der Waals surface area contributed by atoms with Crippen molar-refractivity contribution >= 4 is 39.5 Å². The number of aliphatic hydroxyl groups excluding tert-OH is 1. The van der Waals surface area contributed by atoms with Gasteiger partial charge in [0, 0.05) is 25.7 Å². The zero-order valence-corrected chi connectivity index (χ0v) is 66.8. The van der Waals surface area contributed by atoms with Crippen molar-refractivity contribution in [1.29, 1.82) is 0 Å². The molecule has 0 aliphatic carbocycles. The highest BCUT2D eigenvalue weighted by atomic mass is 31.2. The van der Waals surface area contributed by atoms with Gasteiger partial charge in [-0.3, -0.25) is 37.3 Å². The largest absolute Gasteiger partial charge is 0.472 e. The maximum absolute atomic E-state index is 13.1. The minimum atomic E-state index is -4.96. The van der Waals surface area contributed by atoms with Crippen molar-refractivity contribution in [2.75, 3.05) is 39.6 Å². The van der Waals surface area contributed by atoms with Gasteiger partial charge in [-0.15, -0.1) is 0 Å². The fourth-order valence-electron chi connectivity index (χ4n) is 12.3. The van der Waals surface area contributed by atoms with Crippen LogP contribution < -0.4 is 0 Å². The zero-order valence-electron chi connectivity index (χ0n) is 65.0. The van der Waals surface area contributed by atoms with Gasteiger partial charge in [-0.1, -0.05) is 363 Å². The molecule has 0 fully saturated rings. The van der Waals surface area contributed by atoms with E-state index in [9.17, 15) is 43.2 Å². The first-order valence-electron chi connectivity index (χ1n) is 41.3. The van der Waals surface area contributed by atoms with Crippen LogP contribution in [0.2, 0.25) is 0 Å². The second-order valence-corrected chi connectivity index (χ2v) is 33.1. The van der Waals surface area contributed by atoms with Gasteiger partial charge in [-0.25, -0.2) is 9.13 Å². The highest BCUT2D eigenvalue weighted by molar-refractivity contribution is 7.47. The summed E-state index contributed by atoms with van der Waals surface area (Å²) in [6.07, 6.45) is 58.4. The summed E-state index contributed by atoms with van der Waals surface area (Å²) in [4.78, 5) is 73.0. The van der Waals surface area contributed by atoms with Crippen molar-refractivity contribution in [2.45, 2.75) is 433 Å². The lowest BCUT2D eigenvalue weighted by Crippen LogP contribution is -2.30. The number of phosphoric acid groups is 2. The van der Waals surface area contributed by atoms with Crippen LogP contribution in [0, 0.1) is 17.8 Å². The molecule has 0 saturated heterocycles. The summed E-state index contributed by atoms with van der Waals surface area (Å²) in [5, 5.41) is 10.6. The van der Waals surface area contributed by atoms with Crippen molar-refractivity contribution < 1.29 is 80.2 Å². The minimum Gasteiger partial charge on any atom is -0.462 e. The second kappa shape index (κ2) is 70.4. The number of phosphoric ester groups is 2. The van der Waals surface area contributed by atoms with Crippen LogP contribution in [0.4, 0.5) is 0 Å². The number of esters is 4. The summed E-state index contributed by atoms with van der Waals surface area (Å²) in [6, 6.07) is 0. The Balaban J connectivity index is 5.23. The highest BCUT2D eigenvalue weighted by Crippen LogP contribution is 2.45. The molecule has 19 heteroatoms. The quantitative estimate of drug-likeness (QED) is 0.0222. The fourth-order valence-corrected chi connectivity index (χ4v) is 13.9. The van der Waals surface area contributed by atoms with E-state index in [4.69, 9.17) is 37.0 Å². The van der Waals surface area contributed by atoms with Gasteiger partial charge in [0.25, 0.3) is 0 Å². The van der Waals surface area contributed by atoms with E-state index >= 15 is 0 Å². The van der Waals surface area contributed by atoms with Crippen LogP contribution in [0.1, 0.15) is 414 Å². The van der Waals surface area contributed by atoms with E-state index in [0.717, 1.165) is 108 Å². The first-order chi connectivity index (χ1) is 47.7. The Bertz CT molecular complexity index is 1920. The zero-order chi connectivity index (χ0) is 73.0. The number of carbonyl (C=O) groups excluding carboxylic acids is 4. The number of unbranched alkanes of at least 4 members (excludes halogenated alkanes) is 46. The highest BCUT2D eigenvalue weighted by Gasteiger charge is 2.30. The molecule has 99 heavy (non-hydrogen) atoms. The molecule has 0 spiro atoms. The lowest BCUT2D eigenvalue weighted by atomic mass is 10.0. The molecule has 0 aliphatic rings. The molecule has 588 valence electrons. The van der Waals surface area contributed by atoms with Crippen molar-refractivity contribution in [3.63, 3.8) is 0 Å². The van der Waals surface area contributed by atoms with E-state index in [1.165, 1.54) is 218 Å². The maximum atomic E-state index is 13.1. The molecule has 0 aromatic rings. The first kappa shape index (κ1) is 97.1. The third kappa shape index (κ3) is 74.1. The minimum absolute atomic E-state index is 0.107. The summed E-state index contributed by atoms with van der Waals surface area (Å²) >= 11 is 0. The number of hydrogen-bond acceptors (Lipinski definition) is 15. The van der Waals surface area contributed by atoms with Crippen molar-refractivity contribution in [3.05, 3.63) is 0 Å². The Morgan fingerprint density at radius 1 is 0.273 bits per heavy atom. The van der Waals surface area contributed by atoms with Gasteiger partial charge in [0.05, 0.1) is 26.4 Å². The summed E-state index contributed by atoms with van der Waals surface area (Å²) in [7, 11) is -9.92. The molecule has 2 unspecified atom stereocenters. The predicted molar refractivity (Wildman–Crippen MR) is 405 cm³/mol.